The van der Waals surface area contributed by atoms with Crippen molar-refractivity contribution in [3.05, 3.63) is 42.0 Å². The molecule has 0 saturated heterocycles. The van der Waals surface area contributed by atoms with Gasteiger partial charge in [-0.3, -0.25) is 9.59 Å². The average molecular weight is 232 g/mol. The number of carbonyl (C=O) groups excluding carboxylic acids is 2. The van der Waals surface area contributed by atoms with Crippen molar-refractivity contribution in [3.63, 3.8) is 0 Å². The van der Waals surface area contributed by atoms with Crippen molar-refractivity contribution < 1.29 is 14.3 Å². The van der Waals surface area contributed by atoms with Gasteiger partial charge in [0.1, 0.15) is 0 Å². The largest absolute Gasteiger partial charge is 0.393 e. The summed E-state index contributed by atoms with van der Waals surface area (Å²) in [7, 11) is 0. The Hall–Kier alpha value is -1.90. The molecule has 0 aliphatic carbocycles. The monoisotopic (exact) mass is 232 g/mol. The number of carbonyl (C=O) groups is 2. The van der Waals surface area contributed by atoms with E-state index in [-0.39, 0.29) is 6.42 Å². The summed E-state index contributed by atoms with van der Waals surface area (Å²) in [5, 5.41) is 0. The summed E-state index contributed by atoms with van der Waals surface area (Å²) >= 11 is 0. The Morgan fingerprint density at radius 3 is 2.59 bits per heavy atom. The fourth-order valence-electron chi connectivity index (χ4n) is 1.36. The Bertz CT molecular complexity index is 393. The van der Waals surface area contributed by atoms with E-state index in [0.29, 0.717) is 6.42 Å². The molecule has 0 heterocycles. The maximum absolute atomic E-state index is 11.0. The Kier molecular flexibility index (Phi) is 5.72. The van der Waals surface area contributed by atoms with Crippen LogP contribution < -0.4 is 0 Å². The van der Waals surface area contributed by atoms with Gasteiger partial charge in [-0.25, -0.2) is 0 Å². The van der Waals surface area contributed by atoms with Crippen LogP contribution in [0.5, 0.6) is 0 Å². The second kappa shape index (κ2) is 7.39. The van der Waals surface area contributed by atoms with Gasteiger partial charge in [-0.2, -0.15) is 0 Å². The first kappa shape index (κ1) is 13.2. The SMILES string of the molecule is CC(=O)OC(=O)CCCC=Cc1ccccc1. The van der Waals surface area contributed by atoms with Crippen LogP contribution in [0.2, 0.25) is 0 Å². The highest BCUT2D eigenvalue weighted by Gasteiger charge is 2.03. The second-order valence-corrected chi connectivity index (χ2v) is 3.67. The quantitative estimate of drug-likeness (QED) is 0.445. The molecule has 90 valence electrons. The lowest BCUT2D eigenvalue weighted by atomic mass is 10.1. The highest BCUT2D eigenvalue weighted by atomic mass is 16.6. The summed E-state index contributed by atoms with van der Waals surface area (Å²) in [5.41, 5.74) is 1.14. The predicted molar refractivity (Wildman–Crippen MR) is 66.1 cm³/mol. The van der Waals surface area contributed by atoms with Crippen LogP contribution in [-0.4, -0.2) is 11.9 Å². The number of hydrogen-bond donors (Lipinski definition) is 0. The minimum atomic E-state index is -0.546. The first-order valence-corrected chi connectivity index (χ1v) is 5.61. The van der Waals surface area contributed by atoms with Crippen LogP contribution in [0, 0.1) is 0 Å². The second-order valence-electron chi connectivity index (χ2n) is 3.67. The molecule has 3 heteroatoms. The molecule has 0 fully saturated rings. The Balaban J connectivity index is 2.18. The van der Waals surface area contributed by atoms with E-state index in [1.54, 1.807) is 0 Å². The summed E-state index contributed by atoms with van der Waals surface area (Å²) in [4.78, 5) is 21.5. The zero-order valence-corrected chi connectivity index (χ0v) is 9.89. The molecule has 17 heavy (non-hydrogen) atoms. The van der Waals surface area contributed by atoms with Gasteiger partial charge < -0.3 is 4.74 Å². The van der Waals surface area contributed by atoms with Crippen molar-refractivity contribution in [2.75, 3.05) is 0 Å². The smallest absolute Gasteiger partial charge is 0.313 e. The molecular weight excluding hydrogens is 216 g/mol. The molecule has 0 radical (unpaired) electrons. The van der Waals surface area contributed by atoms with Gasteiger partial charge in [-0.1, -0.05) is 42.5 Å². The third-order valence-electron chi connectivity index (χ3n) is 2.12. The number of esters is 2. The third kappa shape index (κ3) is 6.30. The Morgan fingerprint density at radius 1 is 1.24 bits per heavy atom. The van der Waals surface area contributed by atoms with Gasteiger partial charge in [-0.15, -0.1) is 0 Å². The molecule has 1 aromatic carbocycles. The summed E-state index contributed by atoms with van der Waals surface area (Å²) < 4.78 is 4.41. The van der Waals surface area contributed by atoms with Gasteiger partial charge >= 0.3 is 11.9 Å². The lowest BCUT2D eigenvalue weighted by Crippen LogP contribution is -2.08. The molecule has 3 nitrogen and oxygen atoms in total. The standard InChI is InChI=1S/C14H16O3/c1-12(15)17-14(16)11-7-3-6-10-13-8-4-2-5-9-13/h2,4-6,8-10H,3,7,11H2,1H3. The fourth-order valence-corrected chi connectivity index (χ4v) is 1.36. The van der Waals surface area contributed by atoms with Crippen LogP contribution in [0.25, 0.3) is 6.08 Å². The van der Waals surface area contributed by atoms with Gasteiger partial charge in [0.2, 0.25) is 0 Å². The van der Waals surface area contributed by atoms with Gasteiger partial charge in [0.25, 0.3) is 0 Å². The van der Waals surface area contributed by atoms with E-state index in [2.05, 4.69) is 4.74 Å². The van der Waals surface area contributed by atoms with Crippen molar-refractivity contribution in [2.24, 2.45) is 0 Å². The molecule has 0 unspecified atom stereocenters. The topological polar surface area (TPSA) is 43.4 Å². The van der Waals surface area contributed by atoms with Crippen LogP contribution >= 0.6 is 0 Å². The molecule has 0 aliphatic rings. The van der Waals surface area contributed by atoms with Gasteiger partial charge in [0, 0.05) is 13.3 Å². The van der Waals surface area contributed by atoms with Crippen LogP contribution in [-0.2, 0) is 14.3 Å². The first-order chi connectivity index (χ1) is 8.18. The van der Waals surface area contributed by atoms with Crippen LogP contribution in [0.1, 0.15) is 31.7 Å². The van der Waals surface area contributed by atoms with Gasteiger partial charge in [0.05, 0.1) is 0 Å². The fraction of sp³-hybridized carbons (Fsp3) is 0.286. The van der Waals surface area contributed by atoms with Gasteiger partial charge in [0.15, 0.2) is 0 Å². The molecular formula is C14H16O3. The summed E-state index contributed by atoms with van der Waals surface area (Å²) in [6.45, 7) is 1.23. The number of unbranched alkanes of at least 4 members (excludes halogenated alkanes) is 1. The Morgan fingerprint density at radius 2 is 1.94 bits per heavy atom. The minimum absolute atomic E-state index is 0.276. The zero-order valence-electron chi connectivity index (χ0n) is 9.89. The number of benzene rings is 1. The van der Waals surface area contributed by atoms with E-state index in [1.165, 1.54) is 6.92 Å². The summed E-state index contributed by atoms with van der Waals surface area (Å²) in [5.74, 6) is -1.000. The van der Waals surface area contributed by atoms with Gasteiger partial charge in [-0.05, 0) is 18.4 Å². The van der Waals surface area contributed by atoms with Crippen molar-refractivity contribution in [3.8, 4) is 0 Å². The summed E-state index contributed by atoms with van der Waals surface area (Å²) in [6.07, 6.45) is 5.78. The van der Waals surface area contributed by atoms with Crippen LogP contribution in [0.4, 0.5) is 0 Å². The molecule has 0 aliphatic heterocycles. The molecule has 0 bridgehead atoms. The molecule has 0 atom stereocenters. The van der Waals surface area contributed by atoms with E-state index in [4.69, 9.17) is 0 Å². The molecule has 1 rings (SSSR count). The van der Waals surface area contributed by atoms with E-state index in [1.807, 2.05) is 42.5 Å². The van der Waals surface area contributed by atoms with E-state index in [9.17, 15) is 9.59 Å². The minimum Gasteiger partial charge on any atom is -0.393 e. The third-order valence-corrected chi connectivity index (χ3v) is 2.12. The van der Waals surface area contributed by atoms with Crippen molar-refractivity contribution in [2.45, 2.75) is 26.2 Å². The predicted octanol–water partition coefficient (Wildman–Crippen LogP) is 2.96. The van der Waals surface area contributed by atoms with E-state index >= 15 is 0 Å². The Labute approximate surface area is 101 Å². The first-order valence-electron chi connectivity index (χ1n) is 5.61. The molecule has 1 aromatic rings. The van der Waals surface area contributed by atoms with E-state index < -0.39 is 11.9 Å². The number of allylic oxidation sites excluding steroid dienone is 1. The molecule has 0 aromatic heterocycles. The number of ether oxygens (including phenoxy) is 1. The molecule has 0 amide bonds. The molecule has 0 saturated carbocycles. The lowest BCUT2D eigenvalue weighted by molar-refractivity contribution is -0.158. The normalized spacial score (nSPS) is 10.4. The number of hydrogen-bond acceptors (Lipinski definition) is 3. The maximum Gasteiger partial charge on any atom is 0.313 e. The maximum atomic E-state index is 11.0. The van der Waals surface area contributed by atoms with Crippen molar-refractivity contribution >= 4 is 18.0 Å². The molecule has 0 spiro atoms. The average Bonchev–Trinajstić information content (AvgIpc) is 2.29. The zero-order chi connectivity index (χ0) is 12.5. The summed E-state index contributed by atoms with van der Waals surface area (Å²) in [6, 6.07) is 9.95. The lowest BCUT2D eigenvalue weighted by Gasteiger charge is -1.97. The number of rotatable bonds is 5. The van der Waals surface area contributed by atoms with Crippen LogP contribution in [0.15, 0.2) is 36.4 Å². The molecule has 0 N–H and O–H groups in total. The highest BCUT2D eigenvalue weighted by molar-refractivity contribution is 5.83. The van der Waals surface area contributed by atoms with Crippen molar-refractivity contribution in [1.82, 2.24) is 0 Å². The van der Waals surface area contributed by atoms with Crippen molar-refractivity contribution in [1.29, 1.82) is 0 Å². The van der Waals surface area contributed by atoms with E-state index in [0.717, 1.165) is 12.0 Å². The van der Waals surface area contributed by atoms with Crippen LogP contribution in [0.3, 0.4) is 0 Å². The highest BCUT2D eigenvalue weighted by Crippen LogP contribution is 2.04.